The Bertz CT molecular complexity index is 667. The van der Waals surface area contributed by atoms with Crippen molar-refractivity contribution in [2.45, 2.75) is 18.9 Å². The molecule has 0 spiro atoms. The Balaban J connectivity index is 1.70. The molecule has 2 unspecified atom stereocenters. The van der Waals surface area contributed by atoms with Gasteiger partial charge in [0, 0.05) is 22.4 Å². The zero-order valence-corrected chi connectivity index (χ0v) is 13.8. The first kappa shape index (κ1) is 15.3. The first-order chi connectivity index (χ1) is 10.7. The maximum absolute atomic E-state index is 12.8. The largest absolute Gasteiger partial charge is 0.334 e. The fourth-order valence-corrected chi connectivity index (χ4v) is 3.80. The van der Waals surface area contributed by atoms with Gasteiger partial charge in [-0.05, 0) is 35.4 Å². The quantitative estimate of drug-likeness (QED) is 0.701. The van der Waals surface area contributed by atoms with Crippen molar-refractivity contribution in [3.63, 3.8) is 0 Å². The molecule has 0 aliphatic heterocycles. The predicted octanol–water partition coefficient (Wildman–Crippen LogP) is 4.72. The van der Waals surface area contributed by atoms with Gasteiger partial charge in [-0.25, -0.2) is 0 Å². The molecule has 2 nitrogen and oxygen atoms in total. The molecule has 1 aromatic heterocycles. The molecule has 2 aromatic rings. The Hall–Kier alpha value is -1.58. The molecule has 22 heavy (non-hydrogen) atoms. The summed E-state index contributed by atoms with van der Waals surface area (Å²) in [6.45, 7) is 5.02. The molecule has 0 radical (unpaired) electrons. The van der Waals surface area contributed by atoms with Gasteiger partial charge in [-0.3, -0.25) is 4.79 Å². The predicted molar refractivity (Wildman–Crippen MR) is 92.2 cm³/mol. The maximum Gasteiger partial charge on any atom is 0.226 e. The molecule has 2 atom stereocenters. The van der Waals surface area contributed by atoms with Crippen LogP contribution in [0, 0.1) is 5.92 Å². The molecule has 3 rings (SSSR count). The van der Waals surface area contributed by atoms with Crippen LogP contribution in [0.25, 0.3) is 0 Å². The molecule has 0 bridgehead atoms. The molecule has 0 N–H and O–H groups in total. The van der Waals surface area contributed by atoms with Crippen molar-refractivity contribution in [2.75, 3.05) is 6.54 Å². The van der Waals surface area contributed by atoms with Gasteiger partial charge in [-0.2, -0.15) is 0 Å². The van der Waals surface area contributed by atoms with E-state index in [0.717, 1.165) is 17.0 Å². The SMILES string of the molecule is C=CCN(Cc1cccs1)C(=O)C1CC1c1ccccc1Cl. The van der Waals surface area contributed by atoms with E-state index < -0.39 is 0 Å². The van der Waals surface area contributed by atoms with E-state index in [1.807, 2.05) is 40.6 Å². The van der Waals surface area contributed by atoms with E-state index >= 15 is 0 Å². The van der Waals surface area contributed by atoms with Gasteiger partial charge in [-0.1, -0.05) is 41.9 Å². The summed E-state index contributed by atoms with van der Waals surface area (Å²) < 4.78 is 0. The second kappa shape index (κ2) is 6.67. The van der Waals surface area contributed by atoms with Gasteiger partial charge in [0.2, 0.25) is 5.91 Å². The molecule has 1 aliphatic rings. The van der Waals surface area contributed by atoms with Crippen molar-refractivity contribution >= 4 is 28.8 Å². The number of hydrogen-bond donors (Lipinski definition) is 0. The van der Waals surface area contributed by atoms with Crippen molar-refractivity contribution in [1.29, 1.82) is 0 Å². The normalized spacial score (nSPS) is 19.7. The zero-order chi connectivity index (χ0) is 15.5. The lowest BCUT2D eigenvalue weighted by Gasteiger charge is -2.20. The zero-order valence-electron chi connectivity index (χ0n) is 12.2. The molecule has 1 aromatic carbocycles. The number of amides is 1. The second-order valence-corrected chi connectivity index (χ2v) is 7.00. The molecule has 1 aliphatic carbocycles. The first-order valence-corrected chi connectivity index (χ1v) is 8.63. The summed E-state index contributed by atoms with van der Waals surface area (Å²) >= 11 is 7.92. The fourth-order valence-electron chi connectivity index (χ4n) is 2.80. The molecule has 1 heterocycles. The van der Waals surface area contributed by atoms with Crippen LogP contribution in [0.4, 0.5) is 0 Å². The number of hydrogen-bond acceptors (Lipinski definition) is 2. The van der Waals surface area contributed by atoms with Crippen LogP contribution in [0.2, 0.25) is 5.02 Å². The molecule has 1 fully saturated rings. The molecular formula is C18H18ClNOS. The summed E-state index contributed by atoms with van der Waals surface area (Å²) in [6, 6.07) is 11.9. The van der Waals surface area contributed by atoms with Crippen LogP contribution in [0.3, 0.4) is 0 Å². The highest BCUT2D eigenvalue weighted by molar-refractivity contribution is 7.09. The summed E-state index contributed by atoms with van der Waals surface area (Å²) in [4.78, 5) is 15.8. The number of benzene rings is 1. The van der Waals surface area contributed by atoms with E-state index in [1.54, 1.807) is 17.4 Å². The minimum Gasteiger partial charge on any atom is -0.334 e. The van der Waals surface area contributed by atoms with Crippen molar-refractivity contribution in [3.8, 4) is 0 Å². The maximum atomic E-state index is 12.8. The Morgan fingerprint density at radius 2 is 2.18 bits per heavy atom. The van der Waals surface area contributed by atoms with E-state index in [0.29, 0.717) is 13.1 Å². The van der Waals surface area contributed by atoms with Crippen LogP contribution < -0.4 is 0 Å². The summed E-state index contributed by atoms with van der Waals surface area (Å²) in [5, 5.41) is 2.80. The van der Waals surface area contributed by atoms with Crippen LogP contribution in [0.15, 0.2) is 54.4 Å². The Kier molecular flexibility index (Phi) is 4.65. The average Bonchev–Trinajstić information content (AvgIpc) is 3.14. The Morgan fingerprint density at radius 3 is 2.86 bits per heavy atom. The number of thiophene rings is 1. The topological polar surface area (TPSA) is 20.3 Å². The van der Waals surface area contributed by atoms with E-state index in [4.69, 9.17) is 11.6 Å². The summed E-state index contributed by atoms with van der Waals surface area (Å²) in [5.41, 5.74) is 1.09. The monoisotopic (exact) mass is 331 g/mol. The van der Waals surface area contributed by atoms with Gasteiger partial charge >= 0.3 is 0 Å². The van der Waals surface area contributed by atoms with Crippen molar-refractivity contribution < 1.29 is 4.79 Å². The number of nitrogens with zero attached hydrogens (tertiary/aromatic N) is 1. The van der Waals surface area contributed by atoms with Crippen LogP contribution in [-0.4, -0.2) is 17.4 Å². The number of halogens is 1. The van der Waals surface area contributed by atoms with Gasteiger partial charge in [0.1, 0.15) is 0 Å². The molecule has 1 amide bonds. The molecule has 0 saturated heterocycles. The summed E-state index contributed by atoms with van der Waals surface area (Å²) in [6.07, 6.45) is 2.68. The summed E-state index contributed by atoms with van der Waals surface area (Å²) in [7, 11) is 0. The number of carbonyl (C=O) groups excluding carboxylic acids is 1. The molecule has 1 saturated carbocycles. The van der Waals surface area contributed by atoms with Crippen LogP contribution in [0.1, 0.15) is 22.8 Å². The number of rotatable bonds is 6. The molecular weight excluding hydrogens is 314 g/mol. The van der Waals surface area contributed by atoms with E-state index in [9.17, 15) is 4.79 Å². The molecule has 4 heteroatoms. The average molecular weight is 332 g/mol. The van der Waals surface area contributed by atoms with Crippen molar-refractivity contribution in [3.05, 3.63) is 69.9 Å². The molecule has 114 valence electrons. The minimum atomic E-state index is 0.0554. The lowest BCUT2D eigenvalue weighted by molar-refractivity contribution is -0.132. The van der Waals surface area contributed by atoms with Crippen LogP contribution in [-0.2, 0) is 11.3 Å². The Morgan fingerprint density at radius 1 is 1.36 bits per heavy atom. The third-order valence-corrected chi connectivity index (χ3v) is 5.21. The van der Waals surface area contributed by atoms with E-state index in [1.165, 1.54) is 4.88 Å². The third-order valence-electron chi connectivity index (χ3n) is 4.00. The van der Waals surface area contributed by atoms with Gasteiger partial charge in [-0.15, -0.1) is 17.9 Å². The van der Waals surface area contributed by atoms with Crippen molar-refractivity contribution in [1.82, 2.24) is 4.90 Å². The van der Waals surface area contributed by atoms with Crippen LogP contribution in [0.5, 0.6) is 0 Å². The van der Waals surface area contributed by atoms with E-state index in [-0.39, 0.29) is 17.7 Å². The van der Waals surface area contributed by atoms with Gasteiger partial charge in [0.05, 0.1) is 6.54 Å². The highest BCUT2D eigenvalue weighted by Gasteiger charge is 2.46. The van der Waals surface area contributed by atoms with Gasteiger partial charge in [0.15, 0.2) is 0 Å². The Labute approximate surface area is 140 Å². The fraction of sp³-hybridized carbons (Fsp3) is 0.278. The van der Waals surface area contributed by atoms with Gasteiger partial charge < -0.3 is 4.90 Å². The summed E-state index contributed by atoms with van der Waals surface area (Å²) in [5.74, 6) is 0.523. The lowest BCUT2D eigenvalue weighted by atomic mass is 10.1. The van der Waals surface area contributed by atoms with Crippen molar-refractivity contribution in [2.24, 2.45) is 5.92 Å². The highest BCUT2D eigenvalue weighted by Crippen LogP contribution is 2.50. The lowest BCUT2D eigenvalue weighted by Crippen LogP contribution is -2.32. The smallest absolute Gasteiger partial charge is 0.226 e. The van der Waals surface area contributed by atoms with Crippen LogP contribution >= 0.6 is 22.9 Å². The first-order valence-electron chi connectivity index (χ1n) is 7.37. The number of carbonyl (C=O) groups is 1. The second-order valence-electron chi connectivity index (χ2n) is 5.56. The van der Waals surface area contributed by atoms with E-state index in [2.05, 4.69) is 12.6 Å². The van der Waals surface area contributed by atoms with Gasteiger partial charge in [0.25, 0.3) is 0 Å². The standard InChI is InChI=1S/C18H18ClNOS/c1-2-9-20(12-13-6-5-10-22-13)18(21)16-11-15(16)14-7-3-4-8-17(14)19/h2-8,10,15-16H,1,9,11-12H2. The minimum absolute atomic E-state index is 0.0554. The third kappa shape index (κ3) is 3.26. The highest BCUT2D eigenvalue weighted by atomic mass is 35.5.